The van der Waals surface area contributed by atoms with Gasteiger partial charge in [0.15, 0.2) is 0 Å². The lowest BCUT2D eigenvalue weighted by Crippen LogP contribution is -2.14. The van der Waals surface area contributed by atoms with E-state index in [9.17, 15) is 4.79 Å². The standard InChI is InChI=1S/C18H13N3O3/c1-23-17-8-7-13(9-14(17)10-19)16-11-21(12-20-16)18(22)24-15-5-3-2-4-6-15/h2-9,11-12H,1H3. The Morgan fingerprint density at radius 1 is 1.21 bits per heavy atom. The van der Waals surface area contributed by atoms with Crippen LogP contribution in [0.25, 0.3) is 11.3 Å². The van der Waals surface area contributed by atoms with E-state index in [2.05, 4.69) is 11.1 Å². The third kappa shape index (κ3) is 3.10. The number of rotatable bonds is 3. The van der Waals surface area contributed by atoms with Gasteiger partial charge in [0.05, 0.1) is 18.4 Å². The number of imidazole rings is 1. The first-order valence-electron chi connectivity index (χ1n) is 7.11. The van der Waals surface area contributed by atoms with E-state index in [1.54, 1.807) is 48.7 Å². The summed E-state index contributed by atoms with van der Waals surface area (Å²) < 4.78 is 11.6. The van der Waals surface area contributed by atoms with E-state index < -0.39 is 6.09 Å². The molecule has 1 heterocycles. The molecule has 3 rings (SSSR count). The van der Waals surface area contributed by atoms with Crippen LogP contribution in [-0.2, 0) is 0 Å². The highest BCUT2D eigenvalue weighted by Gasteiger charge is 2.12. The Hall–Kier alpha value is -3.59. The molecule has 0 amide bonds. The number of aromatic nitrogens is 2. The third-order valence-corrected chi connectivity index (χ3v) is 3.36. The molecule has 24 heavy (non-hydrogen) atoms. The summed E-state index contributed by atoms with van der Waals surface area (Å²) in [4.78, 5) is 16.3. The molecular weight excluding hydrogens is 306 g/mol. The molecule has 0 saturated carbocycles. The van der Waals surface area contributed by atoms with Crippen LogP contribution >= 0.6 is 0 Å². The molecule has 0 fully saturated rings. The molecule has 0 bridgehead atoms. The maximum Gasteiger partial charge on any atom is 0.424 e. The number of ether oxygens (including phenoxy) is 2. The fraction of sp³-hybridized carbons (Fsp3) is 0.0556. The van der Waals surface area contributed by atoms with Crippen LogP contribution in [0.15, 0.2) is 61.1 Å². The minimum Gasteiger partial charge on any atom is -0.495 e. The number of carbonyl (C=O) groups excluding carboxylic acids is 1. The molecule has 0 atom stereocenters. The van der Waals surface area contributed by atoms with E-state index in [0.717, 1.165) is 0 Å². The van der Waals surface area contributed by atoms with Crippen molar-refractivity contribution in [2.75, 3.05) is 7.11 Å². The summed E-state index contributed by atoms with van der Waals surface area (Å²) in [5.41, 5.74) is 1.66. The summed E-state index contributed by atoms with van der Waals surface area (Å²) in [7, 11) is 1.50. The Labute approximate surface area is 138 Å². The molecule has 0 aliphatic heterocycles. The van der Waals surface area contributed by atoms with Crippen molar-refractivity contribution in [3.8, 4) is 28.8 Å². The molecule has 0 unspecified atom stereocenters. The SMILES string of the molecule is COc1ccc(-c2cn(C(=O)Oc3ccccc3)cn2)cc1C#N. The summed E-state index contributed by atoms with van der Waals surface area (Å²) in [5, 5.41) is 9.15. The van der Waals surface area contributed by atoms with Crippen molar-refractivity contribution >= 4 is 6.09 Å². The molecule has 3 aromatic rings. The van der Waals surface area contributed by atoms with Crippen LogP contribution in [0.3, 0.4) is 0 Å². The van der Waals surface area contributed by atoms with Crippen molar-refractivity contribution in [1.82, 2.24) is 9.55 Å². The highest BCUT2D eigenvalue weighted by molar-refractivity contribution is 5.75. The maximum absolute atomic E-state index is 12.1. The number of para-hydroxylation sites is 1. The number of carbonyl (C=O) groups is 1. The fourth-order valence-electron chi connectivity index (χ4n) is 2.17. The van der Waals surface area contributed by atoms with Gasteiger partial charge >= 0.3 is 6.09 Å². The van der Waals surface area contributed by atoms with E-state index in [-0.39, 0.29) is 0 Å². The number of methoxy groups -OCH3 is 1. The predicted octanol–water partition coefficient (Wildman–Crippen LogP) is 3.48. The van der Waals surface area contributed by atoms with Crippen LogP contribution in [0.1, 0.15) is 5.56 Å². The Morgan fingerprint density at radius 3 is 2.71 bits per heavy atom. The number of nitrogens with zero attached hydrogens (tertiary/aromatic N) is 3. The summed E-state index contributed by atoms with van der Waals surface area (Å²) >= 11 is 0. The lowest BCUT2D eigenvalue weighted by Gasteiger charge is -2.04. The van der Waals surface area contributed by atoms with Crippen LogP contribution in [-0.4, -0.2) is 22.8 Å². The Bertz CT molecular complexity index is 911. The van der Waals surface area contributed by atoms with Crippen molar-refractivity contribution in [2.45, 2.75) is 0 Å². The van der Waals surface area contributed by atoms with Crippen LogP contribution < -0.4 is 9.47 Å². The monoisotopic (exact) mass is 319 g/mol. The van der Waals surface area contributed by atoms with Gasteiger partial charge in [0, 0.05) is 11.8 Å². The van der Waals surface area contributed by atoms with Crippen LogP contribution in [0.4, 0.5) is 4.79 Å². The van der Waals surface area contributed by atoms with Crippen LogP contribution in [0.2, 0.25) is 0 Å². The van der Waals surface area contributed by atoms with E-state index in [0.29, 0.717) is 28.3 Å². The van der Waals surface area contributed by atoms with Gasteiger partial charge < -0.3 is 9.47 Å². The van der Waals surface area contributed by atoms with Gasteiger partial charge in [0.1, 0.15) is 23.9 Å². The minimum absolute atomic E-state index is 0.399. The lowest BCUT2D eigenvalue weighted by molar-refractivity contribution is 0.202. The van der Waals surface area contributed by atoms with E-state index >= 15 is 0 Å². The van der Waals surface area contributed by atoms with Gasteiger partial charge in [0.2, 0.25) is 0 Å². The Kier molecular flexibility index (Phi) is 4.25. The molecule has 0 radical (unpaired) electrons. The summed E-state index contributed by atoms with van der Waals surface area (Å²) in [6.07, 6.45) is 2.36. The molecule has 2 aromatic carbocycles. The predicted molar refractivity (Wildman–Crippen MR) is 86.8 cm³/mol. The lowest BCUT2D eigenvalue weighted by atomic mass is 10.1. The molecule has 0 N–H and O–H groups in total. The van der Waals surface area contributed by atoms with Gasteiger partial charge in [0.25, 0.3) is 0 Å². The second-order valence-electron chi connectivity index (χ2n) is 4.87. The van der Waals surface area contributed by atoms with Crippen LogP contribution in [0.5, 0.6) is 11.5 Å². The van der Waals surface area contributed by atoms with Crippen molar-refractivity contribution in [3.63, 3.8) is 0 Å². The van der Waals surface area contributed by atoms with Crippen LogP contribution in [0, 0.1) is 11.3 Å². The first-order valence-corrected chi connectivity index (χ1v) is 7.11. The normalized spacial score (nSPS) is 10.0. The van der Waals surface area contributed by atoms with Crippen molar-refractivity contribution < 1.29 is 14.3 Å². The van der Waals surface area contributed by atoms with Gasteiger partial charge in [-0.1, -0.05) is 18.2 Å². The van der Waals surface area contributed by atoms with Gasteiger partial charge in [-0.15, -0.1) is 0 Å². The Morgan fingerprint density at radius 2 is 2.00 bits per heavy atom. The average Bonchev–Trinajstić information content (AvgIpc) is 3.12. The molecule has 0 saturated heterocycles. The summed E-state index contributed by atoms with van der Waals surface area (Å²) in [6.45, 7) is 0. The molecular formula is C18H13N3O3. The van der Waals surface area contributed by atoms with Gasteiger partial charge in [-0.2, -0.15) is 5.26 Å². The first kappa shape index (κ1) is 15.3. The van der Waals surface area contributed by atoms with Crippen molar-refractivity contribution in [1.29, 1.82) is 5.26 Å². The van der Waals surface area contributed by atoms with Gasteiger partial charge in [-0.3, -0.25) is 0 Å². The molecule has 0 aliphatic rings. The smallest absolute Gasteiger partial charge is 0.424 e. The highest BCUT2D eigenvalue weighted by Crippen LogP contribution is 2.25. The first-order chi connectivity index (χ1) is 11.7. The second kappa shape index (κ2) is 6.67. The number of hydrogen-bond donors (Lipinski definition) is 0. The molecule has 6 heteroatoms. The van der Waals surface area contributed by atoms with E-state index in [1.807, 2.05) is 6.07 Å². The number of nitriles is 1. The zero-order chi connectivity index (χ0) is 16.9. The van der Waals surface area contributed by atoms with Crippen molar-refractivity contribution in [2.24, 2.45) is 0 Å². The Balaban J connectivity index is 1.83. The highest BCUT2D eigenvalue weighted by atomic mass is 16.6. The zero-order valence-electron chi connectivity index (χ0n) is 12.8. The molecule has 1 aromatic heterocycles. The van der Waals surface area contributed by atoms with Gasteiger partial charge in [-0.25, -0.2) is 14.3 Å². The quantitative estimate of drug-likeness (QED) is 0.738. The topological polar surface area (TPSA) is 77.1 Å². The van der Waals surface area contributed by atoms with E-state index in [1.165, 1.54) is 18.0 Å². The summed E-state index contributed by atoms with van der Waals surface area (Å²) in [5.74, 6) is 0.943. The number of hydrogen-bond acceptors (Lipinski definition) is 5. The largest absolute Gasteiger partial charge is 0.495 e. The average molecular weight is 319 g/mol. The maximum atomic E-state index is 12.1. The minimum atomic E-state index is -0.561. The molecule has 0 aliphatic carbocycles. The second-order valence-corrected chi connectivity index (χ2v) is 4.87. The van der Waals surface area contributed by atoms with E-state index in [4.69, 9.17) is 14.7 Å². The fourth-order valence-corrected chi connectivity index (χ4v) is 2.17. The molecule has 0 spiro atoms. The molecule has 6 nitrogen and oxygen atoms in total. The zero-order valence-corrected chi connectivity index (χ0v) is 12.8. The summed E-state index contributed by atoms with van der Waals surface area (Å²) in [6, 6.07) is 16.0. The third-order valence-electron chi connectivity index (χ3n) is 3.36. The van der Waals surface area contributed by atoms with Gasteiger partial charge in [-0.05, 0) is 30.3 Å². The van der Waals surface area contributed by atoms with Crippen molar-refractivity contribution in [3.05, 3.63) is 66.6 Å². The number of benzene rings is 2. The molecule has 118 valence electrons.